The molecule has 0 bridgehead atoms. The molecule has 2 nitrogen and oxygen atoms in total. The maximum Gasteiger partial charge on any atom is 0.159 e. The number of rotatable bonds is 4. The Bertz CT molecular complexity index is 315. The molecule has 1 aromatic rings. The maximum atomic E-state index is 10.9. The molecule has 1 aromatic carbocycles. The van der Waals surface area contributed by atoms with Crippen LogP contribution in [-0.2, 0) is 0 Å². The summed E-state index contributed by atoms with van der Waals surface area (Å²) in [6.45, 7) is 8.69. The average molecular weight is 301 g/mol. The van der Waals surface area contributed by atoms with Gasteiger partial charge in [0.1, 0.15) is 5.75 Å². The van der Waals surface area contributed by atoms with Gasteiger partial charge in [-0.2, -0.15) is 0 Å². The number of benzene rings is 1. The van der Waals surface area contributed by atoms with Gasteiger partial charge in [-0.25, -0.2) is 0 Å². The van der Waals surface area contributed by atoms with Gasteiger partial charge in [0.15, 0.2) is 5.78 Å². The SMILES string of the molecule is CC(=O)c1ccc(OCCBr)cc1.CC(C)C. The highest BCUT2D eigenvalue weighted by molar-refractivity contribution is 9.09. The van der Waals surface area contributed by atoms with Gasteiger partial charge in [-0.05, 0) is 37.1 Å². The Hall–Kier alpha value is -0.830. The molecule has 0 radical (unpaired) electrons. The molecular weight excluding hydrogens is 280 g/mol. The van der Waals surface area contributed by atoms with E-state index in [0.29, 0.717) is 12.2 Å². The van der Waals surface area contributed by atoms with Crippen LogP contribution in [0, 0.1) is 5.92 Å². The van der Waals surface area contributed by atoms with Gasteiger partial charge < -0.3 is 4.74 Å². The summed E-state index contributed by atoms with van der Waals surface area (Å²) in [5, 5.41) is 0.807. The van der Waals surface area contributed by atoms with Crippen molar-refractivity contribution < 1.29 is 9.53 Å². The lowest BCUT2D eigenvalue weighted by Gasteiger charge is -2.03. The van der Waals surface area contributed by atoms with Crippen LogP contribution in [0.3, 0.4) is 0 Å². The molecule has 96 valence electrons. The zero-order chi connectivity index (χ0) is 13.3. The van der Waals surface area contributed by atoms with Gasteiger partial charge in [0.05, 0.1) is 6.61 Å². The third-order valence-electron chi connectivity index (χ3n) is 1.61. The zero-order valence-electron chi connectivity index (χ0n) is 11.0. The quantitative estimate of drug-likeness (QED) is 0.611. The summed E-state index contributed by atoms with van der Waals surface area (Å²) in [4.78, 5) is 10.9. The number of halogens is 1. The van der Waals surface area contributed by atoms with E-state index in [-0.39, 0.29) is 5.78 Å². The first-order chi connectivity index (χ1) is 7.97. The van der Waals surface area contributed by atoms with E-state index in [4.69, 9.17) is 4.74 Å². The highest BCUT2D eigenvalue weighted by atomic mass is 79.9. The lowest BCUT2D eigenvalue weighted by molar-refractivity contribution is 0.101. The van der Waals surface area contributed by atoms with Gasteiger partial charge in [-0.15, -0.1) is 0 Å². The van der Waals surface area contributed by atoms with E-state index >= 15 is 0 Å². The van der Waals surface area contributed by atoms with E-state index in [2.05, 4.69) is 36.7 Å². The number of hydrogen-bond donors (Lipinski definition) is 0. The molecule has 0 saturated carbocycles. The number of carbonyl (C=O) groups is 1. The van der Waals surface area contributed by atoms with Gasteiger partial charge in [-0.1, -0.05) is 36.7 Å². The summed E-state index contributed by atoms with van der Waals surface area (Å²) in [6, 6.07) is 7.15. The topological polar surface area (TPSA) is 26.3 Å². The molecular formula is C14H21BrO2. The lowest BCUT2D eigenvalue weighted by Crippen LogP contribution is -1.98. The smallest absolute Gasteiger partial charge is 0.159 e. The number of hydrogen-bond acceptors (Lipinski definition) is 2. The first-order valence-electron chi connectivity index (χ1n) is 5.77. The minimum absolute atomic E-state index is 0.0760. The fraction of sp³-hybridized carbons (Fsp3) is 0.500. The van der Waals surface area contributed by atoms with E-state index < -0.39 is 0 Å². The van der Waals surface area contributed by atoms with Gasteiger partial charge in [-0.3, -0.25) is 4.79 Å². The minimum atomic E-state index is 0.0760. The van der Waals surface area contributed by atoms with Gasteiger partial charge in [0.25, 0.3) is 0 Å². The number of Topliss-reactive ketones (excluding diaryl/α,β-unsaturated/α-hetero) is 1. The molecule has 17 heavy (non-hydrogen) atoms. The van der Waals surface area contributed by atoms with Gasteiger partial charge in [0, 0.05) is 10.9 Å². The van der Waals surface area contributed by atoms with Crippen LogP contribution < -0.4 is 4.74 Å². The number of ketones is 1. The average Bonchev–Trinajstić information content (AvgIpc) is 2.26. The van der Waals surface area contributed by atoms with Crippen LogP contribution in [0.15, 0.2) is 24.3 Å². The lowest BCUT2D eigenvalue weighted by atomic mass is 10.1. The van der Waals surface area contributed by atoms with Crippen LogP contribution >= 0.6 is 15.9 Å². The van der Waals surface area contributed by atoms with Crippen molar-refractivity contribution in [1.29, 1.82) is 0 Å². The Balaban J connectivity index is 0.000000557. The van der Waals surface area contributed by atoms with Crippen LogP contribution in [0.25, 0.3) is 0 Å². The number of ether oxygens (including phenoxy) is 1. The molecule has 0 saturated heterocycles. The van der Waals surface area contributed by atoms with Crippen molar-refractivity contribution in [3.8, 4) is 5.75 Å². The molecule has 0 aliphatic rings. The standard InChI is InChI=1S/C10H11BrO2.C4H10/c1-8(12)9-2-4-10(5-3-9)13-7-6-11;1-4(2)3/h2-5H,6-7H2,1H3;4H,1-3H3. The monoisotopic (exact) mass is 300 g/mol. The predicted octanol–water partition coefficient (Wildman–Crippen LogP) is 4.33. The van der Waals surface area contributed by atoms with Crippen molar-refractivity contribution in [2.24, 2.45) is 5.92 Å². The Morgan fingerprint density at radius 1 is 1.24 bits per heavy atom. The summed E-state index contributed by atoms with van der Waals surface area (Å²) in [7, 11) is 0. The van der Waals surface area contributed by atoms with Gasteiger partial charge in [0.2, 0.25) is 0 Å². The van der Waals surface area contributed by atoms with Gasteiger partial charge >= 0.3 is 0 Å². The van der Waals surface area contributed by atoms with E-state index in [1.165, 1.54) is 0 Å². The Morgan fingerprint density at radius 2 is 1.71 bits per heavy atom. The summed E-state index contributed by atoms with van der Waals surface area (Å²) in [6.07, 6.45) is 0. The summed E-state index contributed by atoms with van der Waals surface area (Å²) < 4.78 is 5.33. The molecule has 0 aliphatic heterocycles. The van der Waals surface area contributed by atoms with Crippen molar-refractivity contribution >= 4 is 21.7 Å². The highest BCUT2D eigenvalue weighted by Crippen LogP contribution is 2.12. The van der Waals surface area contributed by atoms with Crippen LogP contribution in [0.5, 0.6) is 5.75 Å². The Labute approximate surface area is 112 Å². The molecule has 0 amide bonds. The molecule has 0 aromatic heterocycles. The first kappa shape index (κ1) is 16.2. The van der Waals surface area contributed by atoms with E-state index in [1.807, 2.05) is 0 Å². The van der Waals surface area contributed by atoms with E-state index in [0.717, 1.165) is 17.0 Å². The fourth-order valence-corrected chi connectivity index (χ4v) is 1.10. The molecule has 0 fully saturated rings. The summed E-state index contributed by atoms with van der Waals surface area (Å²) in [5.41, 5.74) is 0.714. The summed E-state index contributed by atoms with van der Waals surface area (Å²) >= 11 is 3.27. The third kappa shape index (κ3) is 8.93. The third-order valence-corrected chi connectivity index (χ3v) is 1.93. The van der Waals surface area contributed by atoms with Crippen molar-refractivity contribution in [2.45, 2.75) is 27.7 Å². The molecule has 0 N–H and O–H groups in total. The summed E-state index contributed by atoms with van der Waals surface area (Å²) in [5.74, 6) is 1.71. The molecule has 0 atom stereocenters. The largest absolute Gasteiger partial charge is 0.493 e. The van der Waals surface area contributed by atoms with E-state index in [1.54, 1.807) is 31.2 Å². The minimum Gasteiger partial charge on any atom is -0.493 e. The second kappa shape index (κ2) is 9.23. The Kier molecular flexibility index (Phi) is 8.78. The van der Waals surface area contributed by atoms with Crippen molar-refractivity contribution in [3.05, 3.63) is 29.8 Å². The fourth-order valence-electron chi connectivity index (χ4n) is 0.942. The second-order valence-electron chi connectivity index (χ2n) is 4.35. The van der Waals surface area contributed by atoms with Crippen LogP contribution in [0.1, 0.15) is 38.1 Å². The highest BCUT2D eigenvalue weighted by Gasteiger charge is 1.98. The second-order valence-corrected chi connectivity index (χ2v) is 5.14. The molecule has 3 heteroatoms. The molecule has 0 unspecified atom stereocenters. The first-order valence-corrected chi connectivity index (χ1v) is 6.89. The number of alkyl halides is 1. The van der Waals surface area contributed by atoms with Crippen LogP contribution in [0.4, 0.5) is 0 Å². The van der Waals surface area contributed by atoms with E-state index in [9.17, 15) is 4.79 Å². The Morgan fingerprint density at radius 3 is 2.06 bits per heavy atom. The molecule has 0 heterocycles. The van der Waals surface area contributed by atoms with Crippen molar-refractivity contribution in [2.75, 3.05) is 11.9 Å². The van der Waals surface area contributed by atoms with Crippen LogP contribution in [0.2, 0.25) is 0 Å². The molecule has 1 rings (SSSR count). The zero-order valence-corrected chi connectivity index (χ0v) is 12.6. The number of carbonyl (C=O) groups excluding carboxylic acids is 1. The van der Waals surface area contributed by atoms with Crippen molar-refractivity contribution in [1.82, 2.24) is 0 Å². The predicted molar refractivity (Wildman–Crippen MR) is 76.2 cm³/mol. The van der Waals surface area contributed by atoms with Crippen molar-refractivity contribution in [3.63, 3.8) is 0 Å². The normalized spacial score (nSPS) is 9.53. The molecule has 0 spiro atoms. The van der Waals surface area contributed by atoms with Crippen LogP contribution in [-0.4, -0.2) is 17.7 Å². The maximum absolute atomic E-state index is 10.9. The molecule has 0 aliphatic carbocycles.